The number of hydrogen-bond acceptors (Lipinski definition) is 4. The van der Waals surface area contributed by atoms with E-state index in [0.717, 1.165) is 45.3 Å². The molecule has 1 N–H and O–H groups in total. The van der Waals surface area contributed by atoms with Gasteiger partial charge >= 0.3 is 5.97 Å². The highest BCUT2D eigenvalue weighted by atomic mass is 32.1. The zero-order chi connectivity index (χ0) is 20.2. The fourth-order valence-corrected chi connectivity index (χ4v) is 6.38. The molecule has 6 rings (SSSR count). The summed E-state index contributed by atoms with van der Waals surface area (Å²) >= 11 is 1.43. The lowest BCUT2D eigenvalue weighted by atomic mass is 9.83. The fourth-order valence-electron chi connectivity index (χ4n) is 5.25. The van der Waals surface area contributed by atoms with Crippen LogP contribution in [-0.4, -0.2) is 27.2 Å². The van der Waals surface area contributed by atoms with Crippen LogP contribution in [-0.2, 0) is 6.54 Å². The predicted octanol–water partition coefficient (Wildman–Crippen LogP) is 6.06. The van der Waals surface area contributed by atoms with E-state index in [1.807, 2.05) is 18.3 Å². The number of carboxylic acid groups (broad SMARTS) is 1. The molecule has 1 aromatic carbocycles. The Kier molecular flexibility index (Phi) is 4.09. The molecule has 1 saturated carbocycles. The molecule has 0 bridgehead atoms. The maximum absolute atomic E-state index is 11.7. The second-order valence-electron chi connectivity index (χ2n) is 8.24. The van der Waals surface area contributed by atoms with Crippen LogP contribution < -0.4 is 4.74 Å². The van der Waals surface area contributed by atoms with Crippen molar-refractivity contribution in [1.82, 2.24) is 9.55 Å². The second-order valence-corrected chi connectivity index (χ2v) is 9.29. The number of benzene rings is 1. The van der Waals surface area contributed by atoms with Crippen LogP contribution in [0.2, 0.25) is 0 Å². The fraction of sp³-hybridized carbons (Fsp3) is 0.333. The van der Waals surface area contributed by atoms with E-state index in [-0.39, 0.29) is 0 Å². The number of rotatable bonds is 2. The number of aromatic carboxylic acids is 1. The molecule has 1 aliphatic carbocycles. The molecule has 0 radical (unpaired) electrons. The molecule has 4 heterocycles. The first-order valence-corrected chi connectivity index (χ1v) is 11.4. The molecule has 2 aliphatic rings. The first-order chi connectivity index (χ1) is 14.7. The van der Waals surface area contributed by atoms with E-state index < -0.39 is 5.97 Å². The summed E-state index contributed by atoms with van der Waals surface area (Å²) in [5, 5.41) is 10.6. The summed E-state index contributed by atoms with van der Waals surface area (Å²) in [7, 11) is 0. The van der Waals surface area contributed by atoms with E-state index in [1.54, 1.807) is 0 Å². The normalized spacial score (nSPS) is 16.8. The summed E-state index contributed by atoms with van der Waals surface area (Å²) in [6.45, 7) is 1.27. The van der Waals surface area contributed by atoms with Crippen molar-refractivity contribution in [1.29, 1.82) is 0 Å². The Morgan fingerprint density at radius 3 is 2.90 bits per heavy atom. The quantitative estimate of drug-likeness (QED) is 0.430. The molecular weight excluding hydrogens is 396 g/mol. The van der Waals surface area contributed by atoms with Gasteiger partial charge in [0, 0.05) is 17.1 Å². The molecule has 152 valence electrons. The summed E-state index contributed by atoms with van der Waals surface area (Å²) in [4.78, 5) is 16.6. The van der Waals surface area contributed by atoms with Gasteiger partial charge in [-0.15, -0.1) is 11.3 Å². The first-order valence-electron chi connectivity index (χ1n) is 10.6. The van der Waals surface area contributed by atoms with Gasteiger partial charge in [0.2, 0.25) is 0 Å². The lowest BCUT2D eigenvalue weighted by Crippen LogP contribution is -2.08. The summed E-state index contributed by atoms with van der Waals surface area (Å²) in [6.07, 6.45) is 7.90. The summed E-state index contributed by atoms with van der Waals surface area (Å²) in [5.41, 5.74) is 5.63. The molecule has 30 heavy (non-hydrogen) atoms. The molecule has 6 heteroatoms. The third-order valence-corrected chi connectivity index (χ3v) is 7.69. The van der Waals surface area contributed by atoms with Crippen LogP contribution >= 0.6 is 11.3 Å². The van der Waals surface area contributed by atoms with Crippen LogP contribution in [0.5, 0.6) is 5.75 Å². The van der Waals surface area contributed by atoms with Crippen molar-refractivity contribution in [3.8, 4) is 17.0 Å². The van der Waals surface area contributed by atoms with Crippen LogP contribution in [0.1, 0.15) is 53.3 Å². The van der Waals surface area contributed by atoms with Crippen molar-refractivity contribution in [2.45, 2.75) is 44.6 Å². The number of carbonyl (C=O) groups is 1. The molecule has 0 amide bonds. The van der Waals surface area contributed by atoms with Gasteiger partial charge in [0.1, 0.15) is 17.2 Å². The van der Waals surface area contributed by atoms with E-state index in [9.17, 15) is 9.90 Å². The van der Waals surface area contributed by atoms with Gasteiger partial charge in [-0.05, 0) is 54.7 Å². The average molecular weight is 419 g/mol. The van der Waals surface area contributed by atoms with Crippen LogP contribution in [0.4, 0.5) is 0 Å². The molecule has 4 aromatic rings. The third-order valence-electron chi connectivity index (χ3n) is 6.55. The first kappa shape index (κ1) is 18.0. The third kappa shape index (κ3) is 2.59. The Labute approximate surface area is 177 Å². The largest absolute Gasteiger partial charge is 0.490 e. The lowest BCUT2D eigenvalue weighted by molar-refractivity contribution is 0.0702. The van der Waals surface area contributed by atoms with Crippen molar-refractivity contribution in [3.05, 3.63) is 47.0 Å². The van der Waals surface area contributed by atoms with E-state index in [4.69, 9.17) is 4.74 Å². The van der Waals surface area contributed by atoms with Crippen LogP contribution in [0.15, 0.2) is 36.5 Å². The zero-order valence-corrected chi connectivity index (χ0v) is 17.4. The van der Waals surface area contributed by atoms with Crippen molar-refractivity contribution in [2.24, 2.45) is 0 Å². The summed E-state index contributed by atoms with van der Waals surface area (Å²) in [6, 6.07) is 10.1. The molecular formula is C24H22N2O3S. The SMILES string of the molecule is O=C(O)c1cc2c(s1)c(C1CCCCC1)c1n2CCOc2c-1ccc1ncccc21. The van der Waals surface area contributed by atoms with Gasteiger partial charge in [-0.3, -0.25) is 4.98 Å². The van der Waals surface area contributed by atoms with Gasteiger partial charge in [-0.25, -0.2) is 4.79 Å². The molecule has 5 nitrogen and oxygen atoms in total. The lowest BCUT2D eigenvalue weighted by Gasteiger charge is -2.23. The number of fused-ring (bicyclic) bond motifs is 7. The minimum Gasteiger partial charge on any atom is -0.490 e. The van der Waals surface area contributed by atoms with Gasteiger partial charge in [0.05, 0.1) is 28.0 Å². The maximum Gasteiger partial charge on any atom is 0.345 e. The van der Waals surface area contributed by atoms with E-state index in [1.165, 1.54) is 41.9 Å². The molecule has 1 fully saturated rings. The standard InChI is InChI=1S/C24H22N2O3S/c27-24(28)19-13-18-23(30-19)20(14-5-2-1-3-6-14)21-16-8-9-17-15(7-4-10-25-17)22(16)29-12-11-26(18)21/h4,7-10,13-14H,1-3,5-6,11-12H2,(H,27,28). The van der Waals surface area contributed by atoms with Crippen LogP contribution in [0.3, 0.4) is 0 Å². The topological polar surface area (TPSA) is 64.3 Å². The predicted molar refractivity (Wildman–Crippen MR) is 119 cm³/mol. The molecule has 0 spiro atoms. The number of thiophene rings is 1. The Morgan fingerprint density at radius 1 is 1.20 bits per heavy atom. The highest BCUT2D eigenvalue weighted by Crippen LogP contribution is 2.50. The van der Waals surface area contributed by atoms with Crippen molar-refractivity contribution < 1.29 is 14.6 Å². The number of carboxylic acids is 1. The number of pyridine rings is 1. The molecule has 0 unspecified atom stereocenters. The van der Waals surface area contributed by atoms with Gasteiger partial charge < -0.3 is 14.4 Å². The highest BCUT2D eigenvalue weighted by molar-refractivity contribution is 7.21. The maximum atomic E-state index is 11.7. The molecule has 0 saturated heterocycles. The van der Waals surface area contributed by atoms with Crippen molar-refractivity contribution in [2.75, 3.05) is 6.61 Å². The minimum atomic E-state index is -0.845. The van der Waals surface area contributed by atoms with E-state index in [2.05, 4.69) is 27.8 Å². The Hall–Kier alpha value is -2.86. The van der Waals surface area contributed by atoms with Crippen LogP contribution in [0.25, 0.3) is 32.4 Å². The monoisotopic (exact) mass is 418 g/mol. The smallest absolute Gasteiger partial charge is 0.345 e. The Balaban J connectivity index is 1.68. The number of nitrogens with zero attached hydrogens (tertiary/aromatic N) is 2. The molecule has 0 atom stereocenters. The molecule has 3 aromatic heterocycles. The molecule has 1 aliphatic heterocycles. The van der Waals surface area contributed by atoms with Crippen LogP contribution in [0, 0.1) is 0 Å². The zero-order valence-electron chi connectivity index (χ0n) is 16.6. The number of aromatic nitrogens is 2. The minimum absolute atomic E-state index is 0.417. The van der Waals surface area contributed by atoms with Gasteiger partial charge in [-0.1, -0.05) is 19.3 Å². The van der Waals surface area contributed by atoms with Gasteiger partial charge in [0.25, 0.3) is 0 Å². The summed E-state index contributed by atoms with van der Waals surface area (Å²) < 4.78 is 9.72. The van der Waals surface area contributed by atoms with Gasteiger partial charge in [0.15, 0.2) is 0 Å². The Bertz CT molecular complexity index is 1300. The van der Waals surface area contributed by atoms with E-state index in [0.29, 0.717) is 23.9 Å². The van der Waals surface area contributed by atoms with Gasteiger partial charge in [-0.2, -0.15) is 0 Å². The summed E-state index contributed by atoms with van der Waals surface area (Å²) in [5.74, 6) is 0.524. The highest BCUT2D eigenvalue weighted by Gasteiger charge is 2.31. The van der Waals surface area contributed by atoms with Crippen molar-refractivity contribution in [3.63, 3.8) is 0 Å². The second kappa shape index (κ2) is 6.84. The Morgan fingerprint density at radius 2 is 2.07 bits per heavy atom. The number of ether oxygens (including phenoxy) is 1. The van der Waals surface area contributed by atoms with Crippen molar-refractivity contribution >= 4 is 38.4 Å². The van der Waals surface area contributed by atoms with E-state index >= 15 is 0 Å². The average Bonchev–Trinajstić information content (AvgIpc) is 3.26. The number of hydrogen-bond donors (Lipinski definition) is 1.